The van der Waals surface area contributed by atoms with Crippen molar-refractivity contribution in [3.05, 3.63) is 65.7 Å². The summed E-state index contributed by atoms with van der Waals surface area (Å²) in [6.45, 7) is 0.0114. The lowest BCUT2D eigenvalue weighted by Gasteiger charge is -2.06. The maximum Gasteiger partial charge on any atom is 0.331 e. The zero-order valence-corrected chi connectivity index (χ0v) is 14.7. The number of nitrogens with one attached hydrogen (secondary N) is 1. The van der Waals surface area contributed by atoms with Crippen LogP contribution in [0.15, 0.2) is 54.6 Å². The van der Waals surface area contributed by atoms with E-state index in [0.29, 0.717) is 12.3 Å². The Hall–Kier alpha value is -3.28. The van der Waals surface area contributed by atoms with Crippen LogP contribution >= 0.6 is 0 Å². The van der Waals surface area contributed by atoms with Crippen molar-refractivity contribution >= 4 is 18.0 Å². The second-order valence-electron chi connectivity index (χ2n) is 5.34. The topological polar surface area (TPSA) is 73.9 Å². The zero-order valence-electron chi connectivity index (χ0n) is 14.7. The van der Waals surface area contributed by atoms with Crippen LogP contribution in [-0.4, -0.2) is 32.7 Å². The molecular formula is C20H21NO5. The van der Waals surface area contributed by atoms with E-state index in [2.05, 4.69) is 5.32 Å². The number of benzene rings is 2. The van der Waals surface area contributed by atoms with Crippen molar-refractivity contribution in [1.82, 2.24) is 5.32 Å². The SMILES string of the molecule is COc1ccc(CNC(=O)COC(=O)/C=C/c2cccc(OC)c2)cc1. The van der Waals surface area contributed by atoms with Crippen LogP contribution in [0, 0.1) is 0 Å². The molecule has 0 aliphatic carbocycles. The number of hydrogen-bond acceptors (Lipinski definition) is 5. The molecule has 1 amide bonds. The smallest absolute Gasteiger partial charge is 0.331 e. The summed E-state index contributed by atoms with van der Waals surface area (Å²) in [5.74, 6) is 0.478. The monoisotopic (exact) mass is 355 g/mol. The molecule has 0 radical (unpaired) electrons. The number of hydrogen-bond donors (Lipinski definition) is 1. The molecule has 0 saturated heterocycles. The number of carbonyl (C=O) groups excluding carboxylic acids is 2. The molecule has 0 fully saturated rings. The van der Waals surface area contributed by atoms with Crippen molar-refractivity contribution in [3.63, 3.8) is 0 Å². The molecule has 6 heteroatoms. The molecule has 0 aliphatic heterocycles. The third-order valence-corrected chi connectivity index (χ3v) is 3.50. The van der Waals surface area contributed by atoms with Gasteiger partial charge in [-0.15, -0.1) is 0 Å². The quantitative estimate of drug-likeness (QED) is 0.582. The van der Waals surface area contributed by atoms with Crippen LogP contribution in [0.1, 0.15) is 11.1 Å². The van der Waals surface area contributed by atoms with Crippen molar-refractivity contribution < 1.29 is 23.8 Å². The van der Waals surface area contributed by atoms with Gasteiger partial charge in [0.1, 0.15) is 11.5 Å². The van der Waals surface area contributed by atoms with Gasteiger partial charge in [-0.25, -0.2) is 4.79 Å². The normalized spacial score (nSPS) is 10.4. The Kier molecular flexibility index (Phi) is 7.24. The summed E-state index contributed by atoms with van der Waals surface area (Å²) in [6.07, 6.45) is 2.87. The predicted octanol–water partition coefficient (Wildman–Crippen LogP) is 2.58. The van der Waals surface area contributed by atoms with E-state index in [-0.39, 0.29) is 12.5 Å². The van der Waals surface area contributed by atoms with E-state index in [9.17, 15) is 9.59 Å². The van der Waals surface area contributed by atoms with Gasteiger partial charge in [0, 0.05) is 12.6 Å². The van der Waals surface area contributed by atoms with Gasteiger partial charge in [0.25, 0.3) is 5.91 Å². The first kappa shape index (κ1) is 19.1. The van der Waals surface area contributed by atoms with E-state index < -0.39 is 5.97 Å². The summed E-state index contributed by atoms with van der Waals surface area (Å²) in [4.78, 5) is 23.4. The first-order valence-corrected chi connectivity index (χ1v) is 7.99. The Morgan fingerprint density at radius 2 is 1.73 bits per heavy atom. The highest BCUT2D eigenvalue weighted by Gasteiger charge is 2.05. The van der Waals surface area contributed by atoms with Gasteiger partial charge in [-0.2, -0.15) is 0 Å². The van der Waals surface area contributed by atoms with Gasteiger partial charge in [0.2, 0.25) is 0 Å². The van der Waals surface area contributed by atoms with Gasteiger partial charge >= 0.3 is 5.97 Å². The van der Waals surface area contributed by atoms with Crippen molar-refractivity contribution in [1.29, 1.82) is 0 Å². The third-order valence-electron chi connectivity index (χ3n) is 3.50. The molecule has 6 nitrogen and oxygen atoms in total. The van der Waals surface area contributed by atoms with E-state index >= 15 is 0 Å². The first-order chi connectivity index (χ1) is 12.6. The Balaban J connectivity index is 1.73. The second-order valence-corrected chi connectivity index (χ2v) is 5.34. The fourth-order valence-electron chi connectivity index (χ4n) is 2.09. The summed E-state index contributed by atoms with van der Waals surface area (Å²) in [5.41, 5.74) is 1.72. The lowest BCUT2D eigenvalue weighted by molar-refractivity contribution is -0.143. The Bertz CT molecular complexity index is 768. The predicted molar refractivity (Wildman–Crippen MR) is 97.8 cm³/mol. The van der Waals surface area contributed by atoms with Gasteiger partial charge in [-0.3, -0.25) is 4.79 Å². The lowest BCUT2D eigenvalue weighted by atomic mass is 10.2. The molecule has 2 aromatic rings. The van der Waals surface area contributed by atoms with E-state index in [1.165, 1.54) is 6.08 Å². The van der Waals surface area contributed by atoms with Gasteiger partial charge in [-0.1, -0.05) is 24.3 Å². The summed E-state index contributed by atoms with van der Waals surface area (Å²) in [5, 5.41) is 2.68. The Morgan fingerprint density at radius 3 is 2.42 bits per heavy atom. The molecule has 0 bridgehead atoms. The molecule has 2 rings (SSSR count). The van der Waals surface area contributed by atoms with Crippen molar-refractivity contribution in [2.75, 3.05) is 20.8 Å². The van der Waals surface area contributed by atoms with Gasteiger partial charge in [0.15, 0.2) is 6.61 Å². The average molecular weight is 355 g/mol. The van der Waals surface area contributed by atoms with Crippen LogP contribution < -0.4 is 14.8 Å². The molecule has 1 N–H and O–H groups in total. The van der Waals surface area contributed by atoms with Gasteiger partial charge in [0.05, 0.1) is 14.2 Å². The molecule has 0 atom stereocenters. The number of rotatable bonds is 8. The Morgan fingerprint density at radius 1 is 1.00 bits per heavy atom. The van der Waals surface area contributed by atoms with Crippen molar-refractivity contribution in [2.24, 2.45) is 0 Å². The molecule has 0 aliphatic rings. The van der Waals surface area contributed by atoms with Crippen LogP contribution in [0.25, 0.3) is 6.08 Å². The highest BCUT2D eigenvalue weighted by Crippen LogP contribution is 2.13. The minimum atomic E-state index is -0.590. The maximum atomic E-state index is 11.7. The molecule has 136 valence electrons. The first-order valence-electron chi connectivity index (χ1n) is 7.99. The fourth-order valence-corrected chi connectivity index (χ4v) is 2.09. The van der Waals surface area contributed by atoms with Gasteiger partial charge < -0.3 is 19.5 Å². The number of amides is 1. The van der Waals surface area contributed by atoms with Crippen molar-refractivity contribution in [2.45, 2.75) is 6.54 Å². The zero-order chi connectivity index (χ0) is 18.8. The molecule has 0 aromatic heterocycles. The number of carbonyl (C=O) groups is 2. The molecule has 0 heterocycles. The fraction of sp³-hybridized carbons (Fsp3) is 0.200. The minimum Gasteiger partial charge on any atom is -0.497 e. The highest BCUT2D eigenvalue weighted by molar-refractivity contribution is 5.89. The highest BCUT2D eigenvalue weighted by atomic mass is 16.5. The lowest BCUT2D eigenvalue weighted by Crippen LogP contribution is -2.28. The minimum absolute atomic E-state index is 0.336. The number of methoxy groups -OCH3 is 2. The van der Waals surface area contributed by atoms with E-state index in [0.717, 1.165) is 16.9 Å². The summed E-state index contributed by atoms with van der Waals surface area (Å²) in [7, 11) is 3.16. The number of esters is 1. The van der Waals surface area contributed by atoms with E-state index in [1.807, 2.05) is 42.5 Å². The molecule has 0 spiro atoms. The third kappa shape index (κ3) is 6.32. The van der Waals surface area contributed by atoms with Crippen LogP contribution in [0.5, 0.6) is 11.5 Å². The van der Waals surface area contributed by atoms with E-state index in [1.54, 1.807) is 26.4 Å². The Labute approximate surface area is 152 Å². The molecular weight excluding hydrogens is 334 g/mol. The molecule has 26 heavy (non-hydrogen) atoms. The summed E-state index contributed by atoms with van der Waals surface area (Å²) >= 11 is 0. The van der Waals surface area contributed by atoms with Crippen LogP contribution in [0.4, 0.5) is 0 Å². The molecule has 2 aromatic carbocycles. The average Bonchev–Trinajstić information content (AvgIpc) is 2.69. The van der Waals surface area contributed by atoms with Crippen LogP contribution in [0.2, 0.25) is 0 Å². The second kappa shape index (κ2) is 9.88. The largest absolute Gasteiger partial charge is 0.497 e. The van der Waals surface area contributed by atoms with E-state index in [4.69, 9.17) is 14.2 Å². The van der Waals surface area contributed by atoms with Crippen LogP contribution in [0.3, 0.4) is 0 Å². The van der Waals surface area contributed by atoms with Gasteiger partial charge in [-0.05, 0) is 41.5 Å². The summed E-state index contributed by atoms with van der Waals surface area (Å²) in [6, 6.07) is 14.6. The van der Waals surface area contributed by atoms with Crippen molar-refractivity contribution in [3.8, 4) is 11.5 Å². The van der Waals surface area contributed by atoms with Crippen LogP contribution in [-0.2, 0) is 20.9 Å². The summed E-state index contributed by atoms with van der Waals surface area (Å²) < 4.78 is 15.1. The maximum absolute atomic E-state index is 11.7. The standard InChI is InChI=1S/C20H21NO5/c1-24-17-9-6-16(7-10-17)13-21-19(22)14-26-20(23)11-8-15-4-3-5-18(12-15)25-2/h3-12H,13-14H2,1-2H3,(H,21,22)/b11-8+. The molecule has 0 unspecified atom stereocenters. The molecule has 0 saturated carbocycles. The number of ether oxygens (including phenoxy) is 3.